The predicted molar refractivity (Wildman–Crippen MR) is 57.4 cm³/mol. The molecule has 0 amide bonds. The van der Waals surface area contributed by atoms with Crippen LogP contribution in [0.3, 0.4) is 0 Å². The summed E-state index contributed by atoms with van der Waals surface area (Å²) >= 11 is 3.26. The Morgan fingerprint density at radius 2 is 2.14 bits per heavy atom. The van der Waals surface area contributed by atoms with Gasteiger partial charge in [-0.25, -0.2) is 0 Å². The van der Waals surface area contributed by atoms with Crippen molar-refractivity contribution in [3.05, 3.63) is 22.7 Å². The zero-order valence-corrected chi connectivity index (χ0v) is 9.03. The van der Waals surface area contributed by atoms with Crippen molar-refractivity contribution in [2.45, 2.75) is 6.10 Å². The van der Waals surface area contributed by atoms with Crippen LogP contribution in [-0.2, 0) is 0 Å². The van der Waals surface area contributed by atoms with E-state index >= 15 is 0 Å². The molecule has 1 aromatic rings. The third kappa shape index (κ3) is 3.17. The maximum absolute atomic E-state index is 9.39. The van der Waals surface area contributed by atoms with Crippen LogP contribution in [0, 0.1) is 0 Å². The highest BCUT2D eigenvalue weighted by atomic mass is 79.9. The van der Waals surface area contributed by atoms with Crippen LogP contribution in [-0.4, -0.2) is 34.6 Å². The van der Waals surface area contributed by atoms with Crippen molar-refractivity contribution in [3.63, 3.8) is 0 Å². The zero-order chi connectivity index (χ0) is 10.6. The monoisotopic (exact) mass is 261 g/mol. The highest BCUT2D eigenvalue weighted by molar-refractivity contribution is 9.10. The van der Waals surface area contributed by atoms with Gasteiger partial charge in [0.05, 0.1) is 18.4 Å². The maximum atomic E-state index is 9.39. The lowest BCUT2D eigenvalue weighted by atomic mass is 10.3. The van der Waals surface area contributed by atoms with Gasteiger partial charge in [-0.1, -0.05) is 15.9 Å². The van der Waals surface area contributed by atoms with Crippen molar-refractivity contribution in [1.82, 2.24) is 0 Å². The number of phenols is 1. The van der Waals surface area contributed by atoms with E-state index in [-0.39, 0.29) is 18.9 Å². The Hall–Kier alpha value is -0.780. The molecule has 0 saturated heterocycles. The molecule has 1 rings (SSSR count). The lowest BCUT2D eigenvalue weighted by Crippen LogP contribution is -2.22. The molecule has 0 saturated carbocycles. The third-order valence-electron chi connectivity index (χ3n) is 1.70. The molecule has 0 heterocycles. The molecule has 0 fully saturated rings. The summed E-state index contributed by atoms with van der Waals surface area (Å²) in [5.41, 5.74) is 0.520. The maximum Gasteiger partial charge on any atom is 0.138 e. The average molecular weight is 262 g/mol. The Kier molecular flexibility index (Phi) is 4.19. The van der Waals surface area contributed by atoms with Crippen LogP contribution < -0.4 is 5.32 Å². The summed E-state index contributed by atoms with van der Waals surface area (Å²) in [7, 11) is 0. The molecule has 0 aromatic heterocycles. The van der Waals surface area contributed by atoms with E-state index in [1.807, 2.05) is 0 Å². The fourth-order valence-electron chi connectivity index (χ4n) is 0.942. The van der Waals surface area contributed by atoms with Crippen molar-refractivity contribution in [2.24, 2.45) is 0 Å². The second kappa shape index (κ2) is 5.19. The molecular formula is C9H12BrNO3. The van der Waals surface area contributed by atoms with Crippen molar-refractivity contribution in [1.29, 1.82) is 0 Å². The minimum atomic E-state index is -0.826. The number of benzene rings is 1. The van der Waals surface area contributed by atoms with Gasteiger partial charge >= 0.3 is 0 Å². The molecule has 0 aliphatic heterocycles. The van der Waals surface area contributed by atoms with Crippen LogP contribution in [0.25, 0.3) is 0 Å². The van der Waals surface area contributed by atoms with Crippen molar-refractivity contribution >= 4 is 21.6 Å². The van der Waals surface area contributed by atoms with E-state index in [2.05, 4.69) is 21.2 Å². The largest absolute Gasteiger partial charge is 0.506 e. The van der Waals surface area contributed by atoms with Crippen LogP contribution in [0.15, 0.2) is 22.7 Å². The smallest absolute Gasteiger partial charge is 0.138 e. The van der Waals surface area contributed by atoms with E-state index in [9.17, 15) is 5.11 Å². The normalized spacial score (nSPS) is 12.5. The Labute approximate surface area is 90.3 Å². The minimum absolute atomic E-state index is 0.110. The summed E-state index contributed by atoms with van der Waals surface area (Å²) in [6.45, 7) is -0.109. The SMILES string of the molecule is OCC(O)CNc1cc(Br)ccc1O. The number of nitrogens with one attached hydrogen (secondary N) is 1. The Morgan fingerprint density at radius 3 is 2.79 bits per heavy atom. The van der Waals surface area contributed by atoms with Crippen LogP contribution in [0.4, 0.5) is 5.69 Å². The van der Waals surface area contributed by atoms with Crippen molar-refractivity contribution < 1.29 is 15.3 Å². The second-order valence-corrected chi connectivity index (χ2v) is 3.79. The molecule has 4 nitrogen and oxygen atoms in total. The van der Waals surface area contributed by atoms with Crippen LogP contribution in [0.1, 0.15) is 0 Å². The zero-order valence-electron chi connectivity index (χ0n) is 7.44. The van der Waals surface area contributed by atoms with Gasteiger partial charge in [-0.15, -0.1) is 0 Å². The summed E-state index contributed by atoms with van der Waals surface area (Å²) in [5, 5.41) is 29.9. The highest BCUT2D eigenvalue weighted by Crippen LogP contribution is 2.26. The van der Waals surface area contributed by atoms with Crippen LogP contribution in [0.2, 0.25) is 0 Å². The number of aliphatic hydroxyl groups is 2. The number of aliphatic hydroxyl groups excluding tert-OH is 2. The lowest BCUT2D eigenvalue weighted by molar-refractivity contribution is 0.105. The van der Waals surface area contributed by atoms with E-state index in [0.717, 1.165) is 4.47 Å². The molecule has 1 unspecified atom stereocenters. The predicted octanol–water partition coefficient (Wildman–Crippen LogP) is 0.920. The van der Waals surface area contributed by atoms with E-state index in [0.29, 0.717) is 5.69 Å². The average Bonchev–Trinajstić information content (AvgIpc) is 2.19. The van der Waals surface area contributed by atoms with Gasteiger partial charge in [0.25, 0.3) is 0 Å². The van der Waals surface area contributed by atoms with Gasteiger partial charge in [-0.2, -0.15) is 0 Å². The molecule has 5 heteroatoms. The number of aromatic hydroxyl groups is 1. The number of anilines is 1. The van der Waals surface area contributed by atoms with Gasteiger partial charge in [0, 0.05) is 11.0 Å². The Bertz CT molecular complexity index is 306. The molecule has 0 radical (unpaired) electrons. The van der Waals surface area contributed by atoms with Gasteiger partial charge < -0.3 is 20.6 Å². The second-order valence-electron chi connectivity index (χ2n) is 2.88. The van der Waals surface area contributed by atoms with Crippen molar-refractivity contribution in [2.75, 3.05) is 18.5 Å². The van der Waals surface area contributed by atoms with E-state index in [1.165, 1.54) is 6.07 Å². The van der Waals surface area contributed by atoms with Gasteiger partial charge in [0.15, 0.2) is 0 Å². The molecule has 1 atom stereocenters. The Balaban J connectivity index is 2.62. The summed E-state index contributed by atoms with van der Waals surface area (Å²) in [6, 6.07) is 4.94. The first-order valence-electron chi connectivity index (χ1n) is 4.15. The van der Waals surface area contributed by atoms with Crippen molar-refractivity contribution in [3.8, 4) is 5.75 Å². The molecule has 0 spiro atoms. The summed E-state index contributed by atoms with van der Waals surface area (Å²) in [4.78, 5) is 0. The van der Waals surface area contributed by atoms with Gasteiger partial charge in [-0.05, 0) is 18.2 Å². The number of phenolic OH excluding ortho intramolecular Hbond substituents is 1. The van der Waals surface area contributed by atoms with Crippen LogP contribution in [0.5, 0.6) is 5.75 Å². The molecule has 78 valence electrons. The highest BCUT2D eigenvalue weighted by Gasteiger charge is 2.04. The summed E-state index contributed by atoms with van der Waals surface area (Å²) in [6.07, 6.45) is -0.826. The lowest BCUT2D eigenvalue weighted by Gasteiger charge is -2.11. The van der Waals surface area contributed by atoms with E-state index in [1.54, 1.807) is 12.1 Å². The molecule has 0 aliphatic carbocycles. The molecule has 1 aromatic carbocycles. The number of halogens is 1. The van der Waals surface area contributed by atoms with Gasteiger partial charge in [0.2, 0.25) is 0 Å². The van der Waals surface area contributed by atoms with E-state index < -0.39 is 6.10 Å². The first-order valence-corrected chi connectivity index (χ1v) is 4.94. The number of rotatable bonds is 4. The summed E-state index contributed by atoms with van der Waals surface area (Å²) in [5.74, 6) is 0.110. The first kappa shape index (κ1) is 11.3. The molecule has 0 aliphatic rings. The standard InChI is InChI=1S/C9H12BrNO3/c10-6-1-2-9(14)8(3-6)11-4-7(13)5-12/h1-3,7,11-14H,4-5H2. The molecule has 14 heavy (non-hydrogen) atoms. The fraction of sp³-hybridized carbons (Fsp3) is 0.333. The topological polar surface area (TPSA) is 72.7 Å². The van der Waals surface area contributed by atoms with Gasteiger partial charge in [-0.3, -0.25) is 0 Å². The number of hydrogen-bond acceptors (Lipinski definition) is 4. The molecule has 4 N–H and O–H groups in total. The molecule has 0 bridgehead atoms. The van der Waals surface area contributed by atoms with Crippen LogP contribution >= 0.6 is 15.9 Å². The third-order valence-corrected chi connectivity index (χ3v) is 2.19. The van der Waals surface area contributed by atoms with Gasteiger partial charge in [0.1, 0.15) is 5.75 Å². The molecular weight excluding hydrogens is 250 g/mol. The fourth-order valence-corrected chi connectivity index (χ4v) is 1.30. The summed E-state index contributed by atoms with van der Waals surface area (Å²) < 4.78 is 0.830. The van der Waals surface area contributed by atoms with E-state index in [4.69, 9.17) is 10.2 Å². The number of hydrogen-bond donors (Lipinski definition) is 4. The quantitative estimate of drug-likeness (QED) is 0.609. The Morgan fingerprint density at radius 1 is 1.43 bits per heavy atom. The first-order chi connectivity index (χ1) is 6.63. The minimum Gasteiger partial charge on any atom is -0.506 e.